The predicted molar refractivity (Wildman–Crippen MR) is 74.5 cm³/mol. The molecular formula is C16H18N2. The summed E-state index contributed by atoms with van der Waals surface area (Å²) in [7, 11) is 0. The molecular weight excluding hydrogens is 220 g/mol. The molecule has 2 nitrogen and oxygen atoms in total. The van der Waals surface area contributed by atoms with E-state index in [9.17, 15) is 0 Å². The molecule has 0 saturated heterocycles. The molecule has 0 spiro atoms. The van der Waals surface area contributed by atoms with Crippen molar-refractivity contribution in [3.8, 4) is 0 Å². The highest BCUT2D eigenvalue weighted by Gasteiger charge is 2.18. The Morgan fingerprint density at radius 2 is 1.83 bits per heavy atom. The van der Waals surface area contributed by atoms with Gasteiger partial charge in [0, 0.05) is 6.20 Å². The van der Waals surface area contributed by atoms with Crippen molar-refractivity contribution in [1.82, 2.24) is 4.98 Å². The average Bonchev–Trinajstić information content (AvgIpc) is 2.29. The summed E-state index contributed by atoms with van der Waals surface area (Å²) in [5.74, 6) is 1.41. The molecule has 0 bridgehead atoms. The van der Waals surface area contributed by atoms with Crippen molar-refractivity contribution in [2.75, 3.05) is 5.73 Å². The van der Waals surface area contributed by atoms with Gasteiger partial charge < -0.3 is 5.73 Å². The molecule has 1 aromatic carbocycles. The highest BCUT2D eigenvalue weighted by Crippen LogP contribution is 2.36. The number of nitrogens with zero attached hydrogens (tertiary/aromatic N) is 1. The number of benzene rings is 1. The average molecular weight is 238 g/mol. The maximum absolute atomic E-state index is 5.69. The lowest BCUT2D eigenvalue weighted by molar-refractivity contribution is 0.419. The predicted octanol–water partition coefficient (Wildman–Crippen LogP) is 3.52. The Hall–Kier alpha value is -1.83. The molecule has 2 N–H and O–H groups in total. The number of nitrogens with two attached hydrogens (primary N) is 1. The second-order valence-corrected chi connectivity index (χ2v) is 5.14. The van der Waals surface area contributed by atoms with Crippen LogP contribution in [-0.4, -0.2) is 4.98 Å². The molecule has 0 unspecified atom stereocenters. The molecule has 0 amide bonds. The summed E-state index contributed by atoms with van der Waals surface area (Å²) in [5, 5.41) is 0. The van der Waals surface area contributed by atoms with Gasteiger partial charge in [-0.3, -0.25) is 0 Å². The molecule has 92 valence electrons. The van der Waals surface area contributed by atoms with Crippen LogP contribution in [0.4, 0.5) is 5.82 Å². The van der Waals surface area contributed by atoms with Gasteiger partial charge in [0.15, 0.2) is 0 Å². The number of anilines is 1. The second kappa shape index (κ2) is 4.81. The van der Waals surface area contributed by atoms with Crippen LogP contribution in [0.15, 0.2) is 42.6 Å². The monoisotopic (exact) mass is 238 g/mol. The van der Waals surface area contributed by atoms with E-state index in [0.29, 0.717) is 5.82 Å². The van der Waals surface area contributed by atoms with Gasteiger partial charge in [0.2, 0.25) is 0 Å². The molecule has 0 aliphatic heterocycles. The lowest BCUT2D eigenvalue weighted by Gasteiger charge is -2.25. The Balaban J connectivity index is 1.72. The summed E-state index contributed by atoms with van der Waals surface area (Å²) in [4.78, 5) is 4.02. The zero-order chi connectivity index (χ0) is 12.4. The van der Waals surface area contributed by atoms with Crippen LogP contribution >= 0.6 is 0 Å². The van der Waals surface area contributed by atoms with E-state index in [0.717, 1.165) is 12.3 Å². The summed E-state index contributed by atoms with van der Waals surface area (Å²) >= 11 is 0. The standard InChI is InChI=1S/C16H18N2/c17-16-11-13(8-9-18-16)10-12-4-6-15(7-5-12)14-2-1-3-14/h4-9,11,14H,1-3,10H2,(H2,17,18). The van der Waals surface area contributed by atoms with Gasteiger partial charge in [0.25, 0.3) is 0 Å². The summed E-state index contributed by atoms with van der Waals surface area (Å²) in [6.45, 7) is 0. The molecule has 1 saturated carbocycles. The van der Waals surface area contributed by atoms with Crippen LogP contribution in [-0.2, 0) is 6.42 Å². The third-order valence-corrected chi connectivity index (χ3v) is 3.81. The van der Waals surface area contributed by atoms with Crippen molar-refractivity contribution < 1.29 is 0 Å². The van der Waals surface area contributed by atoms with Gasteiger partial charge in [0.1, 0.15) is 5.82 Å². The molecule has 2 heteroatoms. The van der Waals surface area contributed by atoms with E-state index in [4.69, 9.17) is 5.73 Å². The summed E-state index contributed by atoms with van der Waals surface area (Å²) < 4.78 is 0. The van der Waals surface area contributed by atoms with Crippen LogP contribution in [0.2, 0.25) is 0 Å². The minimum absolute atomic E-state index is 0.596. The van der Waals surface area contributed by atoms with Gasteiger partial charge in [0.05, 0.1) is 0 Å². The highest BCUT2D eigenvalue weighted by molar-refractivity contribution is 5.36. The third kappa shape index (κ3) is 2.37. The summed E-state index contributed by atoms with van der Waals surface area (Å²) in [6.07, 6.45) is 6.81. The Morgan fingerprint density at radius 1 is 1.06 bits per heavy atom. The van der Waals surface area contributed by atoms with Gasteiger partial charge in [-0.2, -0.15) is 0 Å². The van der Waals surface area contributed by atoms with E-state index in [-0.39, 0.29) is 0 Å². The number of aromatic nitrogens is 1. The van der Waals surface area contributed by atoms with Crippen molar-refractivity contribution in [3.63, 3.8) is 0 Å². The molecule has 3 rings (SSSR count). The van der Waals surface area contributed by atoms with Gasteiger partial charge in [-0.1, -0.05) is 30.7 Å². The van der Waals surface area contributed by atoms with Crippen molar-refractivity contribution in [2.45, 2.75) is 31.6 Å². The molecule has 1 aliphatic carbocycles. The molecule has 1 aromatic heterocycles. The van der Waals surface area contributed by atoms with Crippen molar-refractivity contribution in [1.29, 1.82) is 0 Å². The first-order chi connectivity index (χ1) is 8.81. The maximum atomic E-state index is 5.69. The fourth-order valence-corrected chi connectivity index (χ4v) is 2.49. The van der Waals surface area contributed by atoms with Crippen molar-refractivity contribution in [2.24, 2.45) is 0 Å². The fraction of sp³-hybridized carbons (Fsp3) is 0.312. The first-order valence-corrected chi connectivity index (χ1v) is 6.60. The second-order valence-electron chi connectivity index (χ2n) is 5.14. The summed E-state index contributed by atoms with van der Waals surface area (Å²) in [5.41, 5.74) is 9.75. The molecule has 0 atom stereocenters. The van der Waals surface area contributed by atoms with Gasteiger partial charge in [-0.25, -0.2) is 4.98 Å². The smallest absolute Gasteiger partial charge is 0.123 e. The Morgan fingerprint density at radius 3 is 2.44 bits per heavy atom. The largest absolute Gasteiger partial charge is 0.384 e. The van der Waals surface area contributed by atoms with Crippen LogP contribution in [0.25, 0.3) is 0 Å². The zero-order valence-electron chi connectivity index (χ0n) is 10.5. The number of nitrogen functional groups attached to an aromatic ring is 1. The Kier molecular flexibility index (Phi) is 3.01. The van der Waals surface area contributed by atoms with E-state index >= 15 is 0 Å². The molecule has 18 heavy (non-hydrogen) atoms. The molecule has 1 aliphatic rings. The number of hydrogen-bond acceptors (Lipinski definition) is 2. The zero-order valence-corrected chi connectivity index (χ0v) is 10.5. The maximum Gasteiger partial charge on any atom is 0.123 e. The molecule has 0 radical (unpaired) electrons. The van der Waals surface area contributed by atoms with Crippen LogP contribution in [0, 0.1) is 0 Å². The quantitative estimate of drug-likeness (QED) is 0.888. The minimum Gasteiger partial charge on any atom is -0.384 e. The lowest BCUT2D eigenvalue weighted by atomic mass is 9.80. The Bertz CT molecular complexity index is 527. The SMILES string of the molecule is Nc1cc(Cc2ccc(C3CCC3)cc2)ccn1. The van der Waals surface area contributed by atoms with Crippen LogP contribution < -0.4 is 5.73 Å². The van der Waals surface area contributed by atoms with Gasteiger partial charge in [-0.15, -0.1) is 0 Å². The van der Waals surface area contributed by atoms with Gasteiger partial charge >= 0.3 is 0 Å². The first-order valence-electron chi connectivity index (χ1n) is 6.60. The van der Waals surface area contributed by atoms with Crippen molar-refractivity contribution in [3.05, 3.63) is 59.3 Å². The summed E-state index contributed by atoms with van der Waals surface area (Å²) in [6, 6.07) is 13.0. The lowest BCUT2D eigenvalue weighted by Crippen LogP contribution is -2.08. The van der Waals surface area contributed by atoms with Crippen LogP contribution in [0.3, 0.4) is 0 Å². The van der Waals surface area contributed by atoms with Crippen LogP contribution in [0.5, 0.6) is 0 Å². The topological polar surface area (TPSA) is 38.9 Å². The van der Waals surface area contributed by atoms with E-state index in [2.05, 4.69) is 29.2 Å². The van der Waals surface area contributed by atoms with E-state index in [1.54, 1.807) is 6.20 Å². The number of hydrogen-bond donors (Lipinski definition) is 1. The van der Waals surface area contributed by atoms with Gasteiger partial charge in [-0.05, 0) is 54.0 Å². The number of pyridine rings is 1. The number of rotatable bonds is 3. The molecule has 1 fully saturated rings. The molecule has 1 heterocycles. The first kappa shape index (κ1) is 11.3. The third-order valence-electron chi connectivity index (χ3n) is 3.81. The van der Waals surface area contributed by atoms with E-state index in [1.165, 1.54) is 36.0 Å². The minimum atomic E-state index is 0.596. The fourth-order valence-electron chi connectivity index (χ4n) is 2.49. The highest BCUT2D eigenvalue weighted by atomic mass is 14.8. The molecule has 2 aromatic rings. The normalized spacial score (nSPS) is 15.3. The Labute approximate surface area is 108 Å². The van der Waals surface area contributed by atoms with E-state index < -0.39 is 0 Å². The van der Waals surface area contributed by atoms with E-state index in [1.807, 2.05) is 12.1 Å². The van der Waals surface area contributed by atoms with Crippen molar-refractivity contribution >= 4 is 5.82 Å². The van der Waals surface area contributed by atoms with Crippen LogP contribution in [0.1, 0.15) is 41.9 Å².